The van der Waals surface area contributed by atoms with Crippen LogP contribution >= 0.6 is 0 Å². The highest BCUT2D eigenvalue weighted by molar-refractivity contribution is 7.89. The summed E-state index contributed by atoms with van der Waals surface area (Å²) in [6.07, 6.45) is 4.93. The van der Waals surface area contributed by atoms with Crippen molar-refractivity contribution in [1.29, 1.82) is 0 Å². The molecule has 25 heavy (non-hydrogen) atoms. The number of sulfonamides is 1. The molecule has 1 aromatic carbocycles. The van der Waals surface area contributed by atoms with Crippen molar-refractivity contribution in [3.05, 3.63) is 35.9 Å². The number of hydrogen-bond acceptors (Lipinski definition) is 5. The first-order chi connectivity index (χ1) is 11.8. The van der Waals surface area contributed by atoms with Crippen LogP contribution in [0.2, 0.25) is 0 Å². The minimum atomic E-state index is -3.76. The molecular weight excluding hydrogens is 336 g/mol. The van der Waals surface area contributed by atoms with Crippen molar-refractivity contribution < 1.29 is 8.42 Å². The smallest absolute Gasteiger partial charge is 0.238 e. The van der Waals surface area contributed by atoms with Gasteiger partial charge in [-0.2, -0.15) is 0 Å². The first kappa shape index (κ1) is 17.8. The molecule has 1 heterocycles. The Balaban J connectivity index is 1.81. The van der Waals surface area contributed by atoms with E-state index in [-0.39, 0.29) is 4.90 Å². The number of nitrogens with one attached hydrogen (secondary N) is 1. The molecule has 3 rings (SSSR count). The van der Waals surface area contributed by atoms with Crippen molar-refractivity contribution in [2.75, 3.05) is 5.32 Å². The summed E-state index contributed by atoms with van der Waals surface area (Å²) in [7, 11) is -3.76. The molecule has 0 saturated heterocycles. The van der Waals surface area contributed by atoms with E-state index in [4.69, 9.17) is 5.14 Å². The van der Waals surface area contributed by atoms with Gasteiger partial charge in [-0.3, -0.25) is 0 Å². The van der Waals surface area contributed by atoms with E-state index in [1.54, 1.807) is 19.1 Å². The van der Waals surface area contributed by atoms with E-state index in [1.165, 1.54) is 19.3 Å². The molecule has 2 aromatic rings. The fourth-order valence-electron chi connectivity index (χ4n) is 3.35. The molecule has 134 valence electrons. The summed E-state index contributed by atoms with van der Waals surface area (Å²) in [4.78, 5) is 0.116. The Hall–Kier alpha value is -1.99. The third-order valence-electron chi connectivity index (χ3n) is 4.90. The van der Waals surface area contributed by atoms with Crippen LogP contribution in [-0.2, 0) is 10.0 Å². The number of hydrogen-bond donors (Lipinski definition) is 2. The third-order valence-corrected chi connectivity index (χ3v) is 5.95. The summed E-state index contributed by atoms with van der Waals surface area (Å²) >= 11 is 0. The largest absolute Gasteiger partial charge is 0.366 e. The Kier molecular flexibility index (Phi) is 5.06. The highest BCUT2D eigenvalue weighted by Gasteiger charge is 2.21. The predicted octanol–water partition coefficient (Wildman–Crippen LogP) is 3.09. The maximum atomic E-state index is 11.7. The number of aromatic nitrogens is 2. The van der Waals surface area contributed by atoms with E-state index in [2.05, 4.69) is 22.4 Å². The van der Waals surface area contributed by atoms with Gasteiger partial charge in [-0.25, -0.2) is 13.6 Å². The molecule has 0 bridgehead atoms. The van der Waals surface area contributed by atoms with Gasteiger partial charge in [0.2, 0.25) is 10.0 Å². The Bertz CT molecular complexity index is 850. The van der Waals surface area contributed by atoms with E-state index in [0.29, 0.717) is 28.8 Å². The van der Waals surface area contributed by atoms with E-state index >= 15 is 0 Å². The average Bonchev–Trinajstić information content (AvgIpc) is 2.57. The number of benzene rings is 1. The number of nitrogens with zero attached hydrogens (tertiary/aromatic N) is 2. The van der Waals surface area contributed by atoms with Crippen molar-refractivity contribution in [3.8, 4) is 11.3 Å². The Labute approximate surface area is 148 Å². The molecule has 6 nitrogen and oxygen atoms in total. The molecule has 1 aromatic heterocycles. The summed E-state index contributed by atoms with van der Waals surface area (Å²) in [6, 6.07) is 9.27. The topological polar surface area (TPSA) is 98.0 Å². The minimum Gasteiger partial charge on any atom is -0.366 e. The molecule has 1 fully saturated rings. The molecule has 0 aliphatic heterocycles. The van der Waals surface area contributed by atoms with Crippen LogP contribution in [0.5, 0.6) is 0 Å². The second-order valence-electron chi connectivity index (χ2n) is 6.84. The predicted molar refractivity (Wildman–Crippen MR) is 98.6 cm³/mol. The van der Waals surface area contributed by atoms with Crippen molar-refractivity contribution in [2.45, 2.75) is 50.5 Å². The van der Waals surface area contributed by atoms with Crippen LogP contribution in [-0.4, -0.2) is 24.7 Å². The maximum Gasteiger partial charge on any atom is 0.238 e. The van der Waals surface area contributed by atoms with Crippen LogP contribution in [0.1, 0.15) is 38.2 Å². The van der Waals surface area contributed by atoms with Crippen LogP contribution in [0.15, 0.2) is 35.2 Å². The van der Waals surface area contributed by atoms with Crippen molar-refractivity contribution >= 4 is 15.8 Å². The van der Waals surface area contributed by atoms with E-state index in [0.717, 1.165) is 12.2 Å². The molecule has 1 aliphatic rings. The summed E-state index contributed by atoms with van der Waals surface area (Å²) in [5, 5.41) is 17.2. The first-order valence-electron chi connectivity index (χ1n) is 8.58. The fraction of sp³-hybridized carbons (Fsp3) is 0.444. The van der Waals surface area contributed by atoms with Crippen LogP contribution < -0.4 is 10.5 Å². The van der Waals surface area contributed by atoms with Crippen molar-refractivity contribution in [1.82, 2.24) is 10.2 Å². The standard InChI is InChI=1S/C18H24N4O2S/c1-12-5-3-4-6-15(12)20-18-10-9-16(21-22-18)14-8-7-13(2)17(11-14)25(19,23)24/h7-12,15H,3-6H2,1-2H3,(H,20,22)(H2,19,23,24)/t12-,15+/m0/s1. The van der Waals surface area contributed by atoms with E-state index in [1.807, 2.05) is 18.2 Å². The zero-order valence-electron chi connectivity index (χ0n) is 14.6. The zero-order chi connectivity index (χ0) is 18.0. The molecule has 1 aliphatic carbocycles. The summed E-state index contributed by atoms with van der Waals surface area (Å²) in [5.74, 6) is 1.38. The van der Waals surface area contributed by atoms with Gasteiger partial charge in [-0.15, -0.1) is 10.2 Å². The van der Waals surface area contributed by atoms with Gasteiger partial charge in [-0.05, 0) is 49.4 Å². The van der Waals surface area contributed by atoms with Gasteiger partial charge in [0.05, 0.1) is 10.6 Å². The number of primary sulfonamides is 1. The molecule has 3 N–H and O–H groups in total. The van der Waals surface area contributed by atoms with Gasteiger partial charge in [-0.1, -0.05) is 31.9 Å². The summed E-state index contributed by atoms with van der Waals surface area (Å²) in [6.45, 7) is 3.98. The molecular formula is C18H24N4O2S. The molecule has 7 heteroatoms. The molecule has 0 spiro atoms. The molecule has 1 saturated carbocycles. The third kappa shape index (κ3) is 4.16. The second kappa shape index (κ2) is 7.09. The Morgan fingerprint density at radius 1 is 1.12 bits per heavy atom. The van der Waals surface area contributed by atoms with E-state index < -0.39 is 10.0 Å². The lowest BCUT2D eigenvalue weighted by molar-refractivity contribution is 0.349. The molecule has 2 atom stereocenters. The molecule has 0 radical (unpaired) electrons. The van der Waals surface area contributed by atoms with E-state index in [9.17, 15) is 8.42 Å². The quantitative estimate of drug-likeness (QED) is 0.873. The van der Waals surface area contributed by atoms with Crippen LogP contribution in [0.3, 0.4) is 0 Å². The Morgan fingerprint density at radius 3 is 2.52 bits per heavy atom. The summed E-state index contributed by atoms with van der Waals surface area (Å²) < 4.78 is 23.4. The van der Waals surface area contributed by atoms with Crippen molar-refractivity contribution in [2.24, 2.45) is 11.1 Å². The molecule has 0 unspecified atom stereocenters. The SMILES string of the molecule is Cc1ccc(-c2ccc(N[C@@H]3CCCC[C@@H]3C)nn2)cc1S(N)(=O)=O. The van der Waals surface area contributed by atoms with Crippen LogP contribution in [0.4, 0.5) is 5.82 Å². The Morgan fingerprint density at radius 2 is 1.88 bits per heavy atom. The lowest BCUT2D eigenvalue weighted by atomic mass is 9.86. The van der Waals surface area contributed by atoms with Crippen molar-refractivity contribution in [3.63, 3.8) is 0 Å². The maximum absolute atomic E-state index is 11.7. The van der Waals surface area contributed by atoms with Gasteiger partial charge in [0.25, 0.3) is 0 Å². The number of nitrogens with two attached hydrogens (primary N) is 1. The van der Waals surface area contributed by atoms with Gasteiger partial charge < -0.3 is 5.32 Å². The number of anilines is 1. The molecule has 0 amide bonds. The number of rotatable bonds is 4. The van der Waals surface area contributed by atoms with Gasteiger partial charge in [0, 0.05) is 11.6 Å². The fourth-order valence-corrected chi connectivity index (χ4v) is 4.16. The zero-order valence-corrected chi connectivity index (χ0v) is 15.4. The van der Waals surface area contributed by atoms with Crippen LogP contribution in [0.25, 0.3) is 11.3 Å². The first-order valence-corrected chi connectivity index (χ1v) is 10.1. The van der Waals surface area contributed by atoms with Crippen LogP contribution in [0, 0.1) is 12.8 Å². The number of aryl methyl sites for hydroxylation is 1. The highest BCUT2D eigenvalue weighted by atomic mass is 32.2. The van der Waals surface area contributed by atoms with Gasteiger partial charge in [0.1, 0.15) is 5.82 Å². The van der Waals surface area contributed by atoms with Gasteiger partial charge in [0.15, 0.2) is 0 Å². The van der Waals surface area contributed by atoms with Gasteiger partial charge >= 0.3 is 0 Å². The lowest BCUT2D eigenvalue weighted by Gasteiger charge is -2.29. The highest BCUT2D eigenvalue weighted by Crippen LogP contribution is 2.27. The monoisotopic (exact) mass is 360 g/mol. The minimum absolute atomic E-state index is 0.116. The normalized spacial score (nSPS) is 21.1. The second-order valence-corrected chi connectivity index (χ2v) is 8.37. The summed E-state index contributed by atoms with van der Waals surface area (Å²) in [5.41, 5.74) is 1.91. The lowest BCUT2D eigenvalue weighted by Crippen LogP contribution is -2.30. The average molecular weight is 360 g/mol.